The summed E-state index contributed by atoms with van der Waals surface area (Å²) in [5, 5.41) is 7.18. The zero-order valence-corrected chi connectivity index (χ0v) is 16.9. The van der Waals surface area contributed by atoms with Crippen molar-refractivity contribution < 1.29 is 0 Å². The number of hydrogen-bond acceptors (Lipinski definition) is 2. The van der Waals surface area contributed by atoms with Crippen molar-refractivity contribution in [2.45, 2.75) is 70.9 Å². The quantitative estimate of drug-likeness (QED) is 0.406. The lowest BCUT2D eigenvalue weighted by atomic mass is 9.96. The van der Waals surface area contributed by atoms with Gasteiger partial charge in [0.2, 0.25) is 0 Å². The topological polar surface area (TPSA) is 39.7 Å². The van der Waals surface area contributed by atoms with Crippen molar-refractivity contribution in [2.24, 2.45) is 10.9 Å². The minimum Gasteiger partial charge on any atom is -0.355 e. The SMILES string of the molecule is CN=C(NCC(C(C)C)N1CCCC1)NC1CCCCC1.I. The second-order valence-corrected chi connectivity index (χ2v) is 6.99. The number of nitrogens with one attached hydrogen (secondary N) is 2. The van der Waals surface area contributed by atoms with Crippen LogP contribution in [0.4, 0.5) is 0 Å². The smallest absolute Gasteiger partial charge is 0.191 e. The Bertz CT molecular complexity index is 321. The molecular formula is C17H35IN4. The number of aliphatic imine (C=N–C) groups is 1. The van der Waals surface area contributed by atoms with Gasteiger partial charge in [-0.2, -0.15) is 0 Å². The molecule has 0 radical (unpaired) electrons. The third kappa shape index (κ3) is 6.22. The van der Waals surface area contributed by atoms with Crippen LogP contribution in [0.3, 0.4) is 0 Å². The Morgan fingerprint density at radius 3 is 2.27 bits per heavy atom. The first-order chi connectivity index (χ1) is 10.2. The predicted octanol–water partition coefficient (Wildman–Crippen LogP) is 3.22. The van der Waals surface area contributed by atoms with Crippen LogP contribution in [-0.4, -0.2) is 49.6 Å². The molecule has 1 atom stereocenters. The van der Waals surface area contributed by atoms with E-state index in [1.54, 1.807) is 0 Å². The molecule has 0 aromatic rings. The lowest BCUT2D eigenvalue weighted by Gasteiger charge is -2.32. The second kappa shape index (κ2) is 10.7. The van der Waals surface area contributed by atoms with E-state index in [-0.39, 0.29) is 24.0 Å². The van der Waals surface area contributed by atoms with Gasteiger partial charge in [-0.1, -0.05) is 33.1 Å². The van der Waals surface area contributed by atoms with Crippen molar-refractivity contribution in [1.29, 1.82) is 0 Å². The van der Waals surface area contributed by atoms with E-state index in [9.17, 15) is 0 Å². The number of halogens is 1. The molecule has 2 fully saturated rings. The average molecular weight is 422 g/mol. The summed E-state index contributed by atoms with van der Waals surface area (Å²) in [7, 11) is 1.89. The highest BCUT2D eigenvalue weighted by Gasteiger charge is 2.25. The summed E-state index contributed by atoms with van der Waals surface area (Å²) >= 11 is 0. The first kappa shape index (κ1) is 20.0. The molecular weight excluding hydrogens is 387 g/mol. The highest BCUT2D eigenvalue weighted by molar-refractivity contribution is 14.0. The Morgan fingerprint density at radius 1 is 1.09 bits per heavy atom. The Hall–Kier alpha value is -0.0400. The molecule has 2 aliphatic rings. The van der Waals surface area contributed by atoms with Crippen LogP contribution >= 0.6 is 24.0 Å². The molecule has 1 unspecified atom stereocenters. The molecule has 22 heavy (non-hydrogen) atoms. The van der Waals surface area contributed by atoms with E-state index in [4.69, 9.17) is 0 Å². The lowest BCUT2D eigenvalue weighted by molar-refractivity contribution is 0.192. The van der Waals surface area contributed by atoms with E-state index in [1.807, 2.05) is 7.05 Å². The van der Waals surface area contributed by atoms with Crippen LogP contribution in [0, 0.1) is 5.92 Å². The molecule has 0 amide bonds. The minimum absolute atomic E-state index is 0. The fourth-order valence-electron chi connectivity index (χ4n) is 3.70. The molecule has 0 aromatic heterocycles. The maximum atomic E-state index is 4.42. The normalized spacial score (nSPS) is 22.5. The summed E-state index contributed by atoms with van der Waals surface area (Å²) < 4.78 is 0. The van der Waals surface area contributed by atoms with Crippen molar-refractivity contribution >= 4 is 29.9 Å². The standard InChI is InChI=1S/C17H34N4.HI/c1-14(2)16(21-11-7-8-12-21)13-19-17(18-3)20-15-9-5-4-6-10-15;/h14-16H,4-13H2,1-3H3,(H2,18,19,20);1H. The van der Waals surface area contributed by atoms with Gasteiger partial charge in [0, 0.05) is 25.7 Å². The van der Waals surface area contributed by atoms with Gasteiger partial charge in [0.25, 0.3) is 0 Å². The Balaban J connectivity index is 0.00000242. The van der Waals surface area contributed by atoms with Crippen LogP contribution in [0.15, 0.2) is 4.99 Å². The molecule has 2 N–H and O–H groups in total. The van der Waals surface area contributed by atoms with Gasteiger partial charge in [-0.3, -0.25) is 9.89 Å². The highest BCUT2D eigenvalue weighted by Crippen LogP contribution is 2.18. The van der Waals surface area contributed by atoms with Crippen molar-refractivity contribution in [3.63, 3.8) is 0 Å². The summed E-state index contributed by atoms with van der Waals surface area (Å²) in [4.78, 5) is 7.06. The monoisotopic (exact) mass is 422 g/mol. The van der Waals surface area contributed by atoms with Gasteiger partial charge in [0.15, 0.2) is 5.96 Å². The molecule has 2 rings (SSSR count). The molecule has 0 aromatic carbocycles. The van der Waals surface area contributed by atoms with Gasteiger partial charge in [0.1, 0.15) is 0 Å². The van der Waals surface area contributed by atoms with E-state index < -0.39 is 0 Å². The van der Waals surface area contributed by atoms with Crippen LogP contribution in [0.5, 0.6) is 0 Å². The number of rotatable bonds is 5. The molecule has 0 bridgehead atoms. The number of likely N-dealkylation sites (tertiary alicyclic amines) is 1. The second-order valence-electron chi connectivity index (χ2n) is 6.99. The molecule has 1 saturated carbocycles. The maximum Gasteiger partial charge on any atom is 0.191 e. The number of nitrogens with zero attached hydrogens (tertiary/aromatic N) is 2. The lowest BCUT2D eigenvalue weighted by Crippen LogP contribution is -2.50. The zero-order chi connectivity index (χ0) is 15.1. The Labute approximate surface area is 153 Å². The van der Waals surface area contributed by atoms with Crippen LogP contribution < -0.4 is 10.6 Å². The van der Waals surface area contributed by atoms with Gasteiger partial charge in [0.05, 0.1) is 0 Å². The summed E-state index contributed by atoms with van der Waals surface area (Å²) in [5.41, 5.74) is 0. The van der Waals surface area contributed by atoms with E-state index in [0.717, 1.165) is 12.5 Å². The molecule has 0 spiro atoms. The molecule has 1 aliphatic carbocycles. The van der Waals surface area contributed by atoms with E-state index in [1.165, 1.54) is 58.0 Å². The maximum absolute atomic E-state index is 4.42. The van der Waals surface area contributed by atoms with E-state index >= 15 is 0 Å². The molecule has 130 valence electrons. The van der Waals surface area contributed by atoms with Crippen molar-refractivity contribution in [3.05, 3.63) is 0 Å². The Kier molecular flexibility index (Phi) is 9.71. The van der Waals surface area contributed by atoms with Crippen LogP contribution in [-0.2, 0) is 0 Å². The number of hydrogen-bond donors (Lipinski definition) is 2. The average Bonchev–Trinajstić information content (AvgIpc) is 3.01. The third-order valence-corrected chi connectivity index (χ3v) is 5.03. The van der Waals surface area contributed by atoms with Crippen molar-refractivity contribution in [2.75, 3.05) is 26.7 Å². The van der Waals surface area contributed by atoms with Crippen LogP contribution in [0.25, 0.3) is 0 Å². The fourth-order valence-corrected chi connectivity index (χ4v) is 3.70. The minimum atomic E-state index is 0. The predicted molar refractivity (Wildman–Crippen MR) is 106 cm³/mol. The van der Waals surface area contributed by atoms with Crippen molar-refractivity contribution in [3.8, 4) is 0 Å². The highest BCUT2D eigenvalue weighted by atomic mass is 127. The molecule has 1 aliphatic heterocycles. The van der Waals surface area contributed by atoms with E-state index in [2.05, 4.69) is 34.4 Å². The Morgan fingerprint density at radius 2 is 1.73 bits per heavy atom. The first-order valence-corrected chi connectivity index (χ1v) is 8.92. The van der Waals surface area contributed by atoms with Gasteiger partial charge in [-0.25, -0.2) is 0 Å². The van der Waals surface area contributed by atoms with Gasteiger partial charge < -0.3 is 10.6 Å². The fraction of sp³-hybridized carbons (Fsp3) is 0.941. The van der Waals surface area contributed by atoms with Crippen LogP contribution in [0.1, 0.15) is 58.8 Å². The molecule has 5 heteroatoms. The summed E-state index contributed by atoms with van der Waals surface area (Å²) in [6.07, 6.45) is 9.42. The van der Waals surface area contributed by atoms with Gasteiger partial charge in [-0.15, -0.1) is 24.0 Å². The summed E-state index contributed by atoms with van der Waals surface area (Å²) in [6, 6.07) is 1.24. The summed E-state index contributed by atoms with van der Waals surface area (Å²) in [6.45, 7) is 8.20. The third-order valence-electron chi connectivity index (χ3n) is 5.03. The first-order valence-electron chi connectivity index (χ1n) is 8.92. The number of guanidine groups is 1. The van der Waals surface area contributed by atoms with E-state index in [0.29, 0.717) is 18.0 Å². The van der Waals surface area contributed by atoms with Crippen molar-refractivity contribution in [1.82, 2.24) is 15.5 Å². The molecule has 1 saturated heterocycles. The molecule has 1 heterocycles. The zero-order valence-electron chi connectivity index (χ0n) is 14.6. The van der Waals surface area contributed by atoms with Gasteiger partial charge >= 0.3 is 0 Å². The summed E-state index contributed by atoms with van der Waals surface area (Å²) in [5.74, 6) is 1.68. The molecule has 4 nitrogen and oxygen atoms in total. The van der Waals surface area contributed by atoms with Crippen LogP contribution in [0.2, 0.25) is 0 Å². The largest absolute Gasteiger partial charge is 0.355 e. The van der Waals surface area contributed by atoms with Gasteiger partial charge in [-0.05, 0) is 44.7 Å².